The van der Waals surface area contributed by atoms with Crippen LogP contribution in [0.4, 0.5) is 5.69 Å². The lowest BCUT2D eigenvalue weighted by Gasteiger charge is -2.37. The number of ether oxygens (including phenoxy) is 1. The minimum atomic E-state index is -0.437. The van der Waals surface area contributed by atoms with E-state index in [0.29, 0.717) is 31.9 Å². The topological polar surface area (TPSA) is 73.3 Å². The summed E-state index contributed by atoms with van der Waals surface area (Å²) in [6.45, 7) is 5.24. The van der Waals surface area contributed by atoms with Gasteiger partial charge < -0.3 is 14.7 Å². The van der Waals surface area contributed by atoms with Gasteiger partial charge >= 0.3 is 0 Å². The number of amides is 2. The van der Waals surface area contributed by atoms with Crippen LogP contribution in [-0.2, 0) is 9.59 Å². The van der Waals surface area contributed by atoms with Gasteiger partial charge in [-0.2, -0.15) is 0 Å². The van der Waals surface area contributed by atoms with Gasteiger partial charge in [-0.1, -0.05) is 12.1 Å². The van der Waals surface area contributed by atoms with Crippen LogP contribution in [-0.4, -0.2) is 78.2 Å². The Hall–Kier alpha value is -1.83. The molecular formula is C26H38ClN3O4. The van der Waals surface area contributed by atoms with E-state index >= 15 is 0 Å². The Labute approximate surface area is 208 Å². The Morgan fingerprint density at radius 3 is 2.35 bits per heavy atom. The van der Waals surface area contributed by atoms with E-state index in [1.165, 1.54) is 23.4 Å². The molecule has 1 N–H and O–H groups in total. The third kappa shape index (κ3) is 5.37. The molecule has 0 aromatic heterocycles. The number of hydrogen-bond donors (Lipinski definition) is 1. The summed E-state index contributed by atoms with van der Waals surface area (Å²) in [5.74, 6) is 0.441. The van der Waals surface area contributed by atoms with E-state index in [4.69, 9.17) is 4.74 Å². The summed E-state index contributed by atoms with van der Waals surface area (Å²) < 4.78 is 6.33. The standard InChI is InChI=1S/C26H37N3O4.ClH/c30-19-10-11-21-22(18-19)26(32)29(25(21)31)13-5-12-27-14-16-28(17-15-27)23-8-3-4-9-24(23)33-20-6-1-2-7-20;/h3-4,8-9,19-22,30H,1-2,5-7,10-18H2;1H. The van der Waals surface area contributed by atoms with E-state index < -0.39 is 6.10 Å². The smallest absolute Gasteiger partial charge is 0.233 e. The van der Waals surface area contributed by atoms with Crippen molar-refractivity contribution in [1.29, 1.82) is 0 Å². The molecule has 3 unspecified atom stereocenters. The number of halogens is 1. The lowest BCUT2D eigenvalue weighted by molar-refractivity contribution is -0.140. The molecule has 7 nitrogen and oxygen atoms in total. The fourth-order valence-corrected chi connectivity index (χ4v) is 6.11. The van der Waals surface area contributed by atoms with E-state index in [-0.39, 0.29) is 36.1 Å². The van der Waals surface area contributed by atoms with Crippen molar-refractivity contribution in [1.82, 2.24) is 9.80 Å². The fourth-order valence-electron chi connectivity index (χ4n) is 6.11. The number of carbonyl (C=O) groups is 2. The number of fused-ring (bicyclic) bond motifs is 1. The van der Waals surface area contributed by atoms with Gasteiger partial charge in [0.25, 0.3) is 0 Å². The van der Waals surface area contributed by atoms with Crippen LogP contribution in [0.15, 0.2) is 24.3 Å². The molecule has 2 aliphatic heterocycles. The second-order valence-corrected chi connectivity index (χ2v) is 10.2. The normalized spacial score (nSPS) is 28.2. The molecule has 34 heavy (non-hydrogen) atoms. The zero-order valence-corrected chi connectivity index (χ0v) is 20.8. The number of likely N-dealkylation sites (tertiary alicyclic amines) is 1. The number of anilines is 1. The van der Waals surface area contributed by atoms with Gasteiger partial charge in [0.05, 0.1) is 29.7 Å². The number of imide groups is 1. The van der Waals surface area contributed by atoms with Crippen molar-refractivity contribution in [2.45, 2.75) is 63.6 Å². The van der Waals surface area contributed by atoms with E-state index in [9.17, 15) is 14.7 Å². The van der Waals surface area contributed by atoms with Crippen molar-refractivity contribution < 1.29 is 19.4 Å². The predicted octanol–water partition coefficient (Wildman–Crippen LogP) is 3.09. The Bertz CT molecular complexity index is 854. The fraction of sp³-hybridized carbons (Fsp3) is 0.692. The molecule has 2 saturated heterocycles. The number of nitrogens with zero attached hydrogens (tertiary/aromatic N) is 3. The van der Waals surface area contributed by atoms with Gasteiger partial charge in [0.2, 0.25) is 11.8 Å². The molecule has 3 atom stereocenters. The molecular weight excluding hydrogens is 454 g/mol. The minimum Gasteiger partial charge on any atom is -0.488 e. The summed E-state index contributed by atoms with van der Waals surface area (Å²) >= 11 is 0. The highest BCUT2D eigenvalue weighted by molar-refractivity contribution is 6.05. The molecule has 2 amide bonds. The average Bonchev–Trinajstić information content (AvgIpc) is 3.42. The maximum absolute atomic E-state index is 12.7. The summed E-state index contributed by atoms with van der Waals surface area (Å²) in [4.78, 5) is 31.7. The van der Waals surface area contributed by atoms with Crippen LogP contribution >= 0.6 is 12.4 Å². The van der Waals surface area contributed by atoms with Crippen LogP contribution in [0, 0.1) is 11.8 Å². The van der Waals surface area contributed by atoms with Crippen molar-refractivity contribution >= 4 is 29.9 Å². The van der Waals surface area contributed by atoms with Crippen LogP contribution in [0.5, 0.6) is 5.75 Å². The van der Waals surface area contributed by atoms with Crippen molar-refractivity contribution in [3.05, 3.63) is 24.3 Å². The molecule has 4 aliphatic rings. The zero-order chi connectivity index (χ0) is 22.8. The third-order valence-corrected chi connectivity index (χ3v) is 8.02. The molecule has 4 fully saturated rings. The van der Waals surface area contributed by atoms with Crippen molar-refractivity contribution in [2.24, 2.45) is 11.8 Å². The number of benzene rings is 1. The van der Waals surface area contributed by atoms with Crippen LogP contribution < -0.4 is 9.64 Å². The summed E-state index contributed by atoms with van der Waals surface area (Å²) in [6.07, 6.45) is 7.29. The van der Waals surface area contributed by atoms with Gasteiger partial charge in [-0.25, -0.2) is 0 Å². The second-order valence-electron chi connectivity index (χ2n) is 10.2. The van der Waals surface area contributed by atoms with Gasteiger partial charge in [0.15, 0.2) is 0 Å². The average molecular weight is 492 g/mol. The van der Waals surface area contributed by atoms with Crippen molar-refractivity contribution in [2.75, 3.05) is 44.2 Å². The van der Waals surface area contributed by atoms with Crippen LogP contribution in [0.3, 0.4) is 0 Å². The Kier molecular flexibility index (Phi) is 8.38. The molecule has 1 aromatic carbocycles. The molecule has 2 saturated carbocycles. The van der Waals surface area contributed by atoms with Gasteiger partial charge in [-0.05, 0) is 70.0 Å². The second kappa shape index (κ2) is 11.3. The third-order valence-electron chi connectivity index (χ3n) is 8.02. The monoisotopic (exact) mass is 491 g/mol. The number of aliphatic hydroxyl groups excluding tert-OH is 1. The van der Waals surface area contributed by atoms with Gasteiger partial charge in [0.1, 0.15) is 5.75 Å². The van der Waals surface area contributed by atoms with E-state index in [0.717, 1.165) is 57.7 Å². The summed E-state index contributed by atoms with van der Waals surface area (Å²) in [5, 5.41) is 9.88. The largest absolute Gasteiger partial charge is 0.488 e. The first kappa shape index (κ1) is 25.3. The van der Waals surface area contributed by atoms with E-state index in [1.54, 1.807) is 0 Å². The number of piperazine rings is 1. The van der Waals surface area contributed by atoms with Crippen LogP contribution in [0.1, 0.15) is 51.4 Å². The number of rotatable bonds is 7. The Morgan fingerprint density at radius 2 is 1.59 bits per heavy atom. The number of para-hydroxylation sites is 2. The summed E-state index contributed by atoms with van der Waals surface area (Å²) in [6, 6.07) is 8.41. The first-order chi connectivity index (χ1) is 16.1. The van der Waals surface area contributed by atoms with Crippen LogP contribution in [0.2, 0.25) is 0 Å². The van der Waals surface area contributed by atoms with Gasteiger partial charge in [0, 0.05) is 32.7 Å². The molecule has 0 spiro atoms. The lowest BCUT2D eigenvalue weighted by atomic mass is 9.80. The molecule has 2 aliphatic carbocycles. The maximum Gasteiger partial charge on any atom is 0.233 e. The number of aliphatic hydroxyl groups is 1. The quantitative estimate of drug-likeness (QED) is 0.591. The highest BCUT2D eigenvalue weighted by Crippen LogP contribution is 2.38. The SMILES string of the molecule is Cl.O=C1C2CCC(O)CC2C(=O)N1CCCN1CCN(c2ccccc2OC2CCCC2)CC1. The molecule has 8 heteroatoms. The Balaban J connectivity index is 0.00000274. The first-order valence-corrected chi connectivity index (χ1v) is 12.9. The lowest BCUT2D eigenvalue weighted by Crippen LogP contribution is -2.47. The Morgan fingerprint density at radius 1 is 0.882 bits per heavy atom. The summed E-state index contributed by atoms with van der Waals surface area (Å²) in [5.41, 5.74) is 1.20. The summed E-state index contributed by atoms with van der Waals surface area (Å²) in [7, 11) is 0. The maximum atomic E-state index is 12.7. The predicted molar refractivity (Wildman–Crippen MR) is 133 cm³/mol. The van der Waals surface area contributed by atoms with Gasteiger partial charge in [-0.15, -0.1) is 12.4 Å². The molecule has 188 valence electrons. The van der Waals surface area contributed by atoms with E-state index in [2.05, 4.69) is 34.1 Å². The highest BCUT2D eigenvalue weighted by atomic mass is 35.5. The van der Waals surface area contributed by atoms with Crippen molar-refractivity contribution in [3.8, 4) is 5.75 Å². The molecule has 5 rings (SSSR count). The molecule has 0 radical (unpaired) electrons. The van der Waals surface area contributed by atoms with E-state index in [1.807, 2.05) is 0 Å². The van der Waals surface area contributed by atoms with Crippen molar-refractivity contribution in [3.63, 3.8) is 0 Å². The minimum absolute atomic E-state index is 0. The van der Waals surface area contributed by atoms with Gasteiger partial charge in [-0.3, -0.25) is 19.4 Å². The zero-order valence-electron chi connectivity index (χ0n) is 19.9. The molecule has 2 heterocycles. The number of hydrogen-bond acceptors (Lipinski definition) is 6. The first-order valence-electron chi connectivity index (χ1n) is 12.9. The molecule has 0 bridgehead atoms. The number of carbonyl (C=O) groups excluding carboxylic acids is 2. The molecule has 1 aromatic rings. The van der Waals surface area contributed by atoms with Crippen LogP contribution in [0.25, 0.3) is 0 Å². The highest BCUT2D eigenvalue weighted by Gasteiger charge is 2.49.